The summed E-state index contributed by atoms with van der Waals surface area (Å²) >= 11 is 0. The first-order valence-corrected chi connectivity index (χ1v) is 9.68. The van der Waals surface area contributed by atoms with Gasteiger partial charge in [0, 0.05) is 25.9 Å². The van der Waals surface area contributed by atoms with E-state index in [4.69, 9.17) is 5.41 Å². The molecule has 0 atom stereocenters. The van der Waals surface area contributed by atoms with Crippen molar-refractivity contribution < 1.29 is 5.11 Å². The normalized spacial score (nSPS) is 15.8. The molecule has 4 rings (SSSR count). The van der Waals surface area contributed by atoms with E-state index in [-0.39, 0.29) is 12.4 Å². The van der Waals surface area contributed by atoms with E-state index in [1.807, 2.05) is 24.3 Å². The Morgan fingerprint density at radius 1 is 0.857 bits per heavy atom. The number of nitrogens with zero attached hydrogens (tertiary/aromatic N) is 1. The number of hydrogen-bond acceptors (Lipinski definition) is 2. The highest BCUT2D eigenvalue weighted by Gasteiger charge is 2.33. The number of likely N-dealkylation sites (tertiary alicyclic amines) is 1. The molecule has 1 heterocycles. The minimum absolute atomic E-state index is 0. The Kier molecular flexibility index (Phi) is 6.38. The first kappa shape index (κ1) is 20.4. The van der Waals surface area contributed by atoms with Crippen molar-refractivity contribution in [3.8, 4) is 0 Å². The van der Waals surface area contributed by atoms with E-state index in [1.165, 1.54) is 21.9 Å². The number of fused-ring (bicyclic) bond motifs is 1. The maximum Gasteiger partial charge on any atom is 0.100 e. The van der Waals surface area contributed by atoms with Crippen LogP contribution in [0.2, 0.25) is 0 Å². The van der Waals surface area contributed by atoms with Crippen molar-refractivity contribution in [1.82, 2.24) is 4.90 Å². The summed E-state index contributed by atoms with van der Waals surface area (Å²) in [5.74, 6) is 0.645. The first-order chi connectivity index (χ1) is 13.1. The summed E-state index contributed by atoms with van der Waals surface area (Å²) in [5.41, 5.74) is 1.70. The zero-order valence-corrected chi connectivity index (χ0v) is 16.8. The molecule has 0 amide bonds. The van der Waals surface area contributed by atoms with Crippen LogP contribution in [-0.2, 0) is 12.8 Å². The molecule has 1 aliphatic rings. The fraction of sp³-hybridized carbons (Fsp3) is 0.292. The topological polar surface area (TPSA) is 47.3 Å². The molecule has 0 spiro atoms. The largest absolute Gasteiger partial charge is 0.389 e. The Morgan fingerprint density at radius 2 is 1.50 bits per heavy atom. The number of aliphatic hydroxyl groups is 1. The van der Waals surface area contributed by atoms with Gasteiger partial charge in [0.2, 0.25) is 0 Å². The highest BCUT2D eigenvalue weighted by Crippen LogP contribution is 2.27. The maximum atomic E-state index is 10.9. The number of rotatable bonds is 4. The monoisotopic (exact) mass is 394 g/mol. The van der Waals surface area contributed by atoms with Gasteiger partial charge in [0.25, 0.3) is 0 Å². The van der Waals surface area contributed by atoms with E-state index >= 15 is 0 Å². The van der Waals surface area contributed by atoms with E-state index in [0.717, 1.165) is 13.1 Å². The Balaban J connectivity index is 0.00000225. The molecule has 0 aliphatic carbocycles. The van der Waals surface area contributed by atoms with Gasteiger partial charge in [0.15, 0.2) is 0 Å². The van der Waals surface area contributed by atoms with Crippen LogP contribution >= 0.6 is 12.4 Å². The van der Waals surface area contributed by atoms with Gasteiger partial charge >= 0.3 is 0 Å². The Hall–Kier alpha value is -2.36. The van der Waals surface area contributed by atoms with Crippen LogP contribution in [0.3, 0.4) is 0 Å². The van der Waals surface area contributed by atoms with E-state index < -0.39 is 5.60 Å². The molecule has 0 unspecified atom stereocenters. The summed E-state index contributed by atoms with van der Waals surface area (Å²) < 4.78 is 0. The van der Waals surface area contributed by atoms with Crippen LogP contribution in [0.4, 0.5) is 0 Å². The molecule has 28 heavy (non-hydrogen) atoms. The lowest BCUT2D eigenvalue weighted by atomic mass is 9.85. The van der Waals surface area contributed by atoms with Gasteiger partial charge in [-0.2, -0.15) is 0 Å². The zero-order chi connectivity index (χ0) is 18.7. The van der Waals surface area contributed by atoms with Crippen molar-refractivity contribution in [2.45, 2.75) is 31.3 Å². The quantitative estimate of drug-likeness (QED) is 0.490. The first-order valence-electron chi connectivity index (χ1n) is 9.68. The van der Waals surface area contributed by atoms with Crippen molar-refractivity contribution >= 4 is 29.0 Å². The van der Waals surface area contributed by atoms with Crippen LogP contribution < -0.4 is 0 Å². The summed E-state index contributed by atoms with van der Waals surface area (Å²) in [6.07, 6.45) is 2.76. The van der Waals surface area contributed by atoms with Crippen molar-refractivity contribution in [2.75, 3.05) is 13.1 Å². The molecule has 146 valence electrons. The van der Waals surface area contributed by atoms with Crippen LogP contribution in [0.1, 0.15) is 24.0 Å². The fourth-order valence-electron chi connectivity index (χ4n) is 4.00. The van der Waals surface area contributed by atoms with Gasteiger partial charge < -0.3 is 10.0 Å². The van der Waals surface area contributed by atoms with Crippen LogP contribution in [0, 0.1) is 5.41 Å². The minimum Gasteiger partial charge on any atom is -0.389 e. The molecule has 0 aromatic heterocycles. The molecule has 0 radical (unpaired) electrons. The van der Waals surface area contributed by atoms with Crippen LogP contribution in [0.25, 0.3) is 10.8 Å². The van der Waals surface area contributed by atoms with Crippen molar-refractivity contribution in [2.24, 2.45) is 0 Å². The second-order valence-corrected chi connectivity index (χ2v) is 7.68. The number of nitrogens with one attached hydrogen (secondary N) is 1. The molecule has 0 bridgehead atoms. The third-order valence-electron chi connectivity index (χ3n) is 5.64. The Bertz CT molecular complexity index is 934. The zero-order valence-electron chi connectivity index (χ0n) is 16.0. The number of piperidine rings is 1. The highest BCUT2D eigenvalue weighted by molar-refractivity contribution is 5.86. The highest BCUT2D eigenvalue weighted by atomic mass is 35.5. The van der Waals surface area contributed by atoms with Crippen molar-refractivity contribution in [3.05, 3.63) is 83.9 Å². The maximum absolute atomic E-state index is 10.9. The third kappa shape index (κ3) is 4.73. The van der Waals surface area contributed by atoms with Gasteiger partial charge in [-0.15, -0.1) is 12.4 Å². The Morgan fingerprint density at radius 3 is 2.21 bits per heavy atom. The van der Waals surface area contributed by atoms with Crippen LogP contribution in [-0.4, -0.2) is 34.5 Å². The summed E-state index contributed by atoms with van der Waals surface area (Å²) in [5, 5.41) is 21.9. The minimum atomic E-state index is -0.652. The number of halogens is 1. The molecule has 0 saturated carbocycles. The Labute approximate surface area is 172 Å². The number of benzene rings is 3. The predicted octanol–water partition coefficient (Wildman–Crippen LogP) is 4.85. The van der Waals surface area contributed by atoms with E-state index in [2.05, 4.69) is 53.4 Å². The number of amidine groups is 1. The lowest BCUT2D eigenvalue weighted by Gasteiger charge is -2.39. The summed E-state index contributed by atoms with van der Waals surface area (Å²) in [6.45, 7) is 1.49. The molecule has 1 aliphatic heterocycles. The average Bonchev–Trinajstić information content (AvgIpc) is 2.69. The van der Waals surface area contributed by atoms with E-state index in [1.54, 1.807) is 0 Å². The standard InChI is InChI=1S/C24H26N2O.ClH/c25-23(17-20-10-11-21-8-4-5-9-22(21)16-20)26-14-12-24(27,13-15-26)18-19-6-2-1-3-7-19;/h1-11,16,25,27H,12-15,17-18H2;1H. The van der Waals surface area contributed by atoms with Gasteiger partial charge in [0.05, 0.1) is 5.60 Å². The van der Waals surface area contributed by atoms with Gasteiger partial charge in [-0.05, 0) is 34.7 Å². The molecule has 3 aromatic carbocycles. The van der Waals surface area contributed by atoms with Gasteiger partial charge in [-0.1, -0.05) is 72.8 Å². The summed E-state index contributed by atoms with van der Waals surface area (Å²) in [7, 11) is 0. The SMILES string of the molecule is Cl.N=C(Cc1ccc2ccccc2c1)N1CCC(O)(Cc2ccccc2)CC1. The smallest absolute Gasteiger partial charge is 0.100 e. The van der Waals surface area contributed by atoms with E-state index in [9.17, 15) is 5.11 Å². The second kappa shape index (κ2) is 8.76. The third-order valence-corrected chi connectivity index (χ3v) is 5.64. The van der Waals surface area contributed by atoms with Gasteiger partial charge in [-0.25, -0.2) is 0 Å². The van der Waals surface area contributed by atoms with Gasteiger partial charge in [-0.3, -0.25) is 5.41 Å². The van der Waals surface area contributed by atoms with Gasteiger partial charge in [0.1, 0.15) is 5.84 Å². The lowest BCUT2D eigenvalue weighted by molar-refractivity contribution is -0.00727. The van der Waals surface area contributed by atoms with Crippen molar-refractivity contribution in [1.29, 1.82) is 5.41 Å². The molecular formula is C24H27ClN2O. The average molecular weight is 395 g/mol. The predicted molar refractivity (Wildman–Crippen MR) is 119 cm³/mol. The van der Waals surface area contributed by atoms with Crippen LogP contribution in [0.5, 0.6) is 0 Å². The molecule has 2 N–H and O–H groups in total. The molecule has 3 aromatic rings. The summed E-state index contributed by atoms with van der Waals surface area (Å²) in [4.78, 5) is 2.12. The molecule has 1 fully saturated rings. The lowest BCUT2D eigenvalue weighted by Crippen LogP contribution is -2.48. The summed E-state index contributed by atoms with van der Waals surface area (Å²) in [6, 6.07) is 25.0. The number of hydrogen-bond donors (Lipinski definition) is 2. The van der Waals surface area contributed by atoms with Crippen molar-refractivity contribution in [3.63, 3.8) is 0 Å². The molecule has 3 nitrogen and oxygen atoms in total. The molecule has 4 heteroatoms. The molecule has 1 saturated heterocycles. The second-order valence-electron chi connectivity index (χ2n) is 7.68. The van der Waals surface area contributed by atoms with E-state index in [0.29, 0.717) is 31.5 Å². The molecular weight excluding hydrogens is 368 g/mol. The fourth-order valence-corrected chi connectivity index (χ4v) is 4.00. The van der Waals surface area contributed by atoms with Crippen LogP contribution in [0.15, 0.2) is 72.8 Å².